The highest BCUT2D eigenvalue weighted by molar-refractivity contribution is 6.33. The van der Waals surface area contributed by atoms with Gasteiger partial charge in [0.1, 0.15) is 6.54 Å². The first-order chi connectivity index (χ1) is 8.32. The molecular formula is C11H11Cl2NO4. The van der Waals surface area contributed by atoms with Crippen LogP contribution in [0.1, 0.15) is 6.42 Å². The van der Waals surface area contributed by atoms with Crippen molar-refractivity contribution in [3.05, 3.63) is 33.5 Å². The van der Waals surface area contributed by atoms with E-state index in [-0.39, 0.29) is 22.8 Å². The average molecular weight is 292 g/mol. The lowest BCUT2D eigenvalue weighted by atomic mass is 10.1. The topological polar surface area (TPSA) is 77.8 Å². The van der Waals surface area contributed by atoms with Crippen molar-refractivity contribution < 1.29 is 19.8 Å². The molecule has 0 bridgehead atoms. The SMILES string of the molecule is CN(CC(=O)O)C1=C(C(=O)O)C=C(Cl)CC=C1Cl. The number of nitrogens with zero attached hydrogens (tertiary/aromatic N) is 1. The lowest BCUT2D eigenvalue weighted by Gasteiger charge is -2.21. The van der Waals surface area contributed by atoms with E-state index in [0.717, 1.165) is 0 Å². The summed E-state index contributed by atoms with van der Waals surface area (Å²) in [5.41, 5.74) is 0.0183. The summed E-state index contributed by atoms with van der Waals surface area (Å²) in [6, 6.07) is 0. The van der Waals surface area contributed by atoms with Crippen molar-refractivity contribution in [1.29, 1.82) is 0 Å². The van der Waals surface area contributed by atoms with Crippen molar-refractivity contribution in [2.75, 3.05) is 13.6 Å². The van der Waals surface area contributed by atoms with Crippen LogP contribution < -0.4 is 0 Å². The van der Waals surface area contributed by atoms with Crippen LogP contribution in [0.4, 0.5) is 0 Å². The Balaban J connectivity index is 3.31. The van der Waals surface area contributed by atoms with Gasteiger partial charge in [-0.2, -0.15) is 0 Å². The maximum atomic E-state index is 11.2. The predicted octanol–water partition coefficient (Wildman–Crippen LogP) is 1.99. The first-order valence-corrected chi connectivity index (χ1v) is 5.71. The standard InChI is InChI=1S/C11H11Cl2NO4/c1-14(5-9(15)16)10-7(11(17)18)4-6(12)2-3-8(10)13/h3-4H,2,5H2,1H3,(H,15,16)(H,17,18). The van der Waals surface area contributed by atoms with E-state index < -0.39 is 11.9 Å². The van der Waals surface area contributed by atoms with Crippen molar-refractivity contribution >= 4 is 35.1 Å². The molecule has 0 aromatic rings. The van der Waals surface area contributed by atoms with Gasteiger partial charge in [-0.15, -0.1) is 0 Å². The zero-order valence-corrected chi connectivity index (χ0v) is 11.0. The number of rotatable bonds is 4. The molecule has 0 saturated carbocycles. The summed E-state index contributed by atoms with van der Waals surface area (Å²) in [4.78, 5) is 23.1. The van der Waals surface area contributed by atoms with Crippen LogP contribution in [-0.2, 0) is 9.59 Å². The molecule has 0 saturated heterocycles. The quantitative estimate of drug-likeness (QED) is 0.828. The smallest absolute Gasteiger partial charge is 0.337 e. The van der Waals surface area contributed by atoms with Gasteiger partial charge in [-0.3, -0.25) is 4.79 Å². The average Bonchev–Trinajstić information content (AvgIpc) is 2.37. The van der Waals surface area contributed by atoms with Crippen LogP contribution in [0.5, 0.6) is 0 Å². The Hall–Kier alpha value is -1.46. The Morgan fingerprint density at radius 1 is 1.39 bits per heavy atom. The summed E-state index contributed by atoms with van der Waals surface area (Å²) in [6.07, 6.45) is 3.13. The van der Waals surface area contributed by atoms with Crippen LogP contribution in [0, 0.1) is 0 Å². The largest absolute Gasteiger partial charge is 0.480 e. The second kappa shape index (κ2) is 5.93. The van der Waals surface area contributed by atoms with Crippen LogP contribution in [-0.4, -0.2) is 40.6 Å². The number of allylic oxidation sites excluding steroid dienone is 3. The molecule has 1 aliphatic rings. The molecule has 0 amide bonds. The zero-order valence-electron chi connectivity index (χ0n) is 9.48. The highest BCUT2D eigenvalue weighted by atomic mass is 35.5. The molecule has 5 nitrogen and oxygen atoms in total. The van der Waals surface area contributed by atoms with Gasteiger partial charge in [0.25, 0.3) is 0 Å². The molecule has 1 aliphatic carbocycles. The Morgan fingerprint density at radius 3 is 2.50 bits per heavy atom. The molecule has 98 valence electrons. The maximum Gasteiger partial charge on any atom is 0.337 e. The van der Waals surface area contributed by atoms with Gasteiger partial charge in [-0.1, -0.05) is 29.3 Å². The van der Waals surface area contributed by atoms with Crippen molar-refractivity contribution in [3.8, 4) is 0 Å². The highest BCUT2D eigenvalue weighted by Crippen LogP contribution is 2.29. The molecule has 0 aliphatic heterocycles. The molecule has 2 N–H and O–H groups in total. The first kappa shape index (κ1) is 14.6. The number of halogens is 2. The van der Waals surface area contributed by atoms with Crippen LogP contribution in [0.15, 0.2) is 33.5 Å². The van der Waals surface area contributed by atoms with Gasteiger partial charge in [-0.05, 0) is 6.08 Å². The maximum absolute atomic E-state index is 11.2. The molecule has 18 heavy (non-hydrogen) atoms. The van der Waals surface area contributed by atoms with Gasteiger partial charge >= 0.3 is 11.9 Å². The van der Waals surface area contributed by atoms with Crippen molar-refractivity contribution in [1.82, 2.24) is 4.90 Å². The number of carboxylic acid groups (broad SMARTS) is 2. The number of hydrogen-bond donors (Lipinski definition) is 2. The minimum atomic E-state index is -1.21. The van der Waals surface area contributed by atoms with E-state index in [2.05, 4.69) is 0 Å². The molecule has 7 heteroatoms. The Bertz CT molecular complexity index is 479. The second-order valence-corrected chi connectivity index (χ2v) is 4.56. The van der Waals surface area contributed by atoms with Gasteiger partial charge in [0.2, 0.25) is 0 Å². The molecule has 0 fully saturated rings. The fourth-order valence-corrected chi connectivity index (χ4v) is 2.04. The zero-order chi connectivity index (χ0) is 13.9. The molecule has 0 unspecified atom stereocenters. The molecule has 0 aromatic heterocycles. The highest BCUT2D eigenvalue weighted by Gasteiger charge is 2.22. The summed E-state index contributed by atoms with van der Waals surface area (Å²) in [5.74, 6) is -2.30. The number of carboxylic acids is 2. The van der Waals surface area contributed by atoms with E-state index in [9.17, 15) is 9.59 Å². The molecule has 0 radical (unpaired) electrons. The summed E-state index contributed by atoms with van der Waals surface area (Å²) >= 11 is 11.8. The monoisotopic (exact) mass is 291 g/mol. The number of carbonyl (C=O) groups is 2. The molecule has 0 atom stereocenters. The number of aliphatic carboxylic acids is 2. The lowest BCUT2D eigenvalue weighted by Crippen LogP contribution is -2.27. The second-order valence-electron chi connectivity index (χ2n) is 3.66. The van der Waals surface area contributed by atoms with Gasteiger partial charge in [0.15, 0.2) is 0 Å². The molecule has 1 rings (SSSR count). The number of likely N-dealkylation sites (N-methyl/N-ethyl adjacent to an activating group) is 1. The molecular weight excluding hydrogens is 281 g/mol. The van der Waals surface area contributed by atoms with E-state index in [1.54, 1.807) is 6.08 Å². The van der Waals surface area contributed by atoms with E-state index in [0.29, 0.717) is 11.5 Å². The fraction of sp³-hybridized carbons (Fsp3) is 0.273. The minimum Gasteiger partial charge on any atom is -0.480 e. The predicted molar refractivity (Wildman–Crippen MR) is 67.4 cm³/mol. The van der Waals surface area contributed by atoms with E-state index in [1.807, 2.05) is 0 Å². The molecule has 0 heterocycles. The van der Waals surface area contributed by atoms with Gasteiger partial charge in [0.05, 0.1) is 16.3 Å². The Kier molecular flexibility index (Phi) is 4.81. The summed E-state index contributed by atoms with van der Waals surface area (Å²) in [7, 11) is 1.45. The first-order valence-electron chi connectivity index (χ1n) is 4.95. The van der Waals surface area contributed by atoms with Crippen LogP contribution in [0.25, 0.3) is 0 Å². The van der Waals surface area contributed by atoms with E-state index in [1.165, 1.54) is 18.0 Å². The summed E-state index contributed by atoms with van der Waals surface area (Å²) < 4.78 is 0. The third-order valence-electron chi connectivity index (χ3n) is 2.24. The van der Waals surface area contributed by atoms with Gasteiger partial charge < -0.3 is 15.1 Å². The Labute approximate surface area is 114 Å². The molecule has 0 aromatic carbocycles. The fourth-order valence-electron chi connectivity index (χ4n) is 1.53. The van der Waals surface area contributed by atoms with Crippen molar-refractivity contribution in [2.45, 2.75) is 6.42 Å². The Morgan fingerprint density at radius 2 is 2.00 bits per heavy atom. The number of hydrogen-bond acceptors (Lipinski definition) is 3. The molecule has 0 spiro atoms. The van der Waals surface area contributed by atoms with Crippen molar-refractivity contribution in [2.24, 2.45) is 0 Å². The van der Waals surface area contributed by atoms with Crippen LogP contribution in [0.3, 0.4) is 0 Å². The van der Waals surface area contributed by atoms with E-state index in [4.69, 9.17) is 33.4 Å². The van der Waals surface area contributed by atoms with E-state index >= 15 is 0 Å². The third-order valence-corrected chi connectivity index (χ3v) is 2.84. The van der Waals surface area contributed by atoms with Gasteiger partial charge in [0, 0.05) is 18.5 Å². The summed E-state index contributed by atoms with van der Waals surface area (Å²) in [5, 5.41) is 18.4. The van der Waals surface area contributed by atoms with Gasteiger partial charge in [-0.25, -0.2) is 4.79 Å². The van der Waals surface area contributed by atoms with Crippen molar-refractivity contribution in [3.63, 3.8) is 0 Å². The normalized spacial score (nSPS) is 15.7. The minimum absolute atomic E-state index is 0.123. The third kappa shape index (κ3) is 3.51. The lowest BCUT2D eigenvalue weighted by molar-refractivity contribution is -0.138. The van der Waals surface area contributed by atoms with Crippen LogP contribution >= 0.6 is 23.2 Å². The summed E-state index contributed by atoms with van der Waals surface area (Å²) in [6.45, 7) is -0.359. The van der Waals surface area contributed by atoms with Crippen LogP contribution in [0.2, 0.25) is 0 Å².